The molecule has 0 bridgehead atoms. The maximum atomic E-state index is 14.0. The van der Waals surface area contributed by atoms with Crippen molar-refractivity contribution in [1.82, 2.24) is 15.5 Å². The molecule has 3 amide bonds. The number of amides is 3. The maximum absolute atomic E-state index is 14.0. The summed E-state index contributed by atoms with van der Waals surface area (Å²) in [5, 5.41) is 55.7. The van der Waals surface area contributed by atoms with Crippen LogP contribution in [0.15, 0.2) is 60.7 Å². The van der Waals surface area contributed by atoms with Gasteiger partial charge in [0, 0.05) is 23.7 Å². The Labute approximate surface area is 228 Å². The molecule has 12 heteroatoms. The van der Waals surface area contributed by atoms with Gasteiger partial charge in [-0.3, -0.25) is 19.3 Å². The molecule has 4 rings (SSSR count). The molecule has 7 N–H and O–H groups in total. The number of imide groups is 1. The van der Waals surface area contributed by atoms with E-state index in [-0.39, 0.29) is 29.8 Å². The number of hydrogen-bond donors (Lipinski definition) is 7. The standard InChI is InChI=1S/C28H27N3O9/c32-17-8-6-15(7-9-17)25(36)30-21-14-29-10-2-4-22(21)31(26(37)16-11-18(33)13-19(34)12-16)27(38)24-20(28(39)40)3-1-5-23(24)35/h1,3,5-9,11-13,21-22,29,32-35H,2,4,10,14H2,(H,30,36)(H,39,40). The van der Waals surface area contributed by atoms with Crippen LogP contribution in [0.1, 0.15) is 54.3 Å². The van der Waals surface area contributed by atoms with Gasteiger partial charge in [0.05, 0.1) is 23.2 Å². The number of rotatable bonds is 6. The second kappa shape index (κ2) is 11.7. The van der Waals surface area contributed by atoms with E-state index in [4.69, 9.17) is 0 Å². The predicted octanol–water partition coefficient (Wildman–Crippen LogP) is 2.04. The van der Waals surface area contributed by atoms with Crippen molar-refractivity contribution in [2.45, 2.75) is 24.9 Å². The number of phenols is 4. The molecular weight excluding hydrogens is 522 g/mol. The first-order chi connectivity index (χ1) is 19.1. The number of carbonyl (C=O) groups is 4. The Kier molecular flexibility index (Phi) is 8.20. The molecule has 2 atom stereocenters. The number of aromatic hydroxyl groups is 4. The van der Waals surface area contributed by atoms with E-state index < -0.39 is 64.1 Å². The molecule has 1 aliphatic heterocycles. The zero-order valence-corrected chi connectivity index (χ0v) is 21.1. The van der Waals surface area contributed by atoms with Gasteiger partial charge in [-0.15, -0.1) is 0 Å². The Morgan fingerprint density at radius 2 is 1.50 bits per heavy atom. The fourth-order valence-corrected chi connectivity index (χ4v) is 4.67. The number of phenolic OH excluding ortho intramolecular Hbond substituents is 4. The Bertz CT molecular complexity index is 1440. The fourth-order valence-electron chi connectivity index (χ4n) is 4.67. The third-order valence-corrected chi connectivity index (χ3v) is 6.53. The van der Waals surface area contributed by atoms with Crippen LogP contribution >= 0.6 is 0 Å². The topological polar surface area (TPSA) is 197 Å². The highest BCUT2D eigenvalue weighted by atomic mass is 16.4. The van der Waals surface area contributed by atoms with E-state index in [1.807, 2.05) is 0 Å². The largest absolute Gasteiger partial charge is 0.508 e. The first-order valence-corrected chi connectivity index (χ1v) is 12.3. The average Bonchev–Trinajstić information content (AvgIpc) is 3.13. The number of nitrogens with zero attached hydrogens (tertiary/aromatic N) is 1. The van der Waals surface area contributed by atoms with Crippen molar-refractivity contribution in [3.8, 4) is 23.0 Å². The summed E-state index contributed by atoms with van der Waals surface area (Å²) in [5.74, 6) is -5.82. The molecule has 2 unspecified atom stereocenters. The van der Waals surface area contributed by atoms with Gasteiger partial charge < -0.3 is 36.2 Å². The highest BCUT2D eigenvalue weighted by Crippen LogP contribution is 2.29. The van der Waals surface area contributed by atoms with E-state index in [9.17, 15) is 44.7 Å². The second-order valence-corrected chi connectivity index (χ2v) is 9.26. The molecule has 1 saturated heterocycles. The second-order valence-electron chi connectivity index (χ2n) is 9.26. The number of carbonyl (C=O) groups excluding carboxylic acids is 3. The van der Waals surface area contributed by atoms with Crippen LogP contribution in [-0.2, 0) is 0 Å². The lowest BCUT2D eigenvalue weighted by atomic mass is 9.97. The molecule has 3 aromatic rings. The lowest BCUT2D eigenvalue weighted by molar-refractivity contribution is 0.0484. The summed E-state index contributed by atoms with van der Waals surface area (Å²) < 4.78 is 0. The SMILES string of the molecule is O=C(NC1CNCCCC1N(C(=O)c1cc(O)cc(O)c1)C(=O)c1c(O)cccc1C(=O)O)c1ccc(O)cc1. The van der Waals surface area contributed by atoms with Crippen molar-refractivity contribution in [1.29, 1.82) is 0 Å². The Balaban J connectivity index is 1.82. The Morgan fingerprint density at radius 3 is 2.15 bits per heavy atom. The van der Waals surface area contributed by atoms with Crippen LogP contribution in [0.2, 0.25) is 0 Å². The molecule has 3 aromatic carbocycles. The number of carboxylic acids is 1. The normalized spacial score (nSPS) is 16.9. The van der Waals surface area contributed by atoms with Crippen LogP contribution in [0.4, 0.5) is 0 Å². The van der Waals surface area contributed by atoms with Gasteiger partial charge in [0.1, 0.15) is 23.0 Å². The monoisotopic (exact) mass is 549 g/mol. The zero-order valence-electron chi connectivity index (χ0n) is 21.1. The minimum atomic E-state index is -1.51. The van der Waals surface area contributed by atoms with Crippen LogP contribution in [0.3, 0.4) is 0 Å². The third kappa shape index (κ3) is 5.97. The smallest absolute Gasteiger partial charge is 0.336 e. The molecule has 0 aromatic heterocycles. The van der Waals surface area contributed by atoms with Gasteiger partial charge >= 0.3 is 5.97 Å². The Morgan fingerprint density at radius 1 is 0.825 bits per heavy atom. The lowest BCUT2D eigenvalue weighted by Crippen LogP contribution is -2.57. The highest BCUT2D eigenvalue weighted by Gasteiger charge is 2.40. The zero-order chi connectivity index (χ0) is 29.0. The summed E-state index contributed by atoms with van der Waals surface area (Å²) in [6.45, 7) is 0.617. The summed E-state index contributed by atoms with van der Waals surface area (Å²) >= 11 is 0. The van der Waals surface area contributed by atoms with E-state index in [1.165, 1.54) is 30.3 Å². The minimum absolute atomic E-state index is 0.0424. The van der Waals surface area contributed by atoms with Crippen molar-refractivity contribution in [3.05, 3.63) is 82.9 Å². The van der Waals surface area contributed by atoms with Crippen LogP contribution in [0, 0.1) is 0 Å². The molecule has 40 heavy (non-hydrogen) atoms. The van der Waals surface area contributed by atoms with Crippen LogP contribution < -0.4 is 10.6 Å². The number of nitrogens with one attached hydrogen (secondary N) is 2. The van der Waals surface area contributed by atoms with Crippen molar-refractivity contribution < 1.29 is 44.7 Å². The number of carboxylic acid groups (broad SMARTS) is 1. The highest BCUT2D eigenvalue weighted by molar-refractivity contribution is 6.15. The van der Waals surface area contributed by atoms with Crippen molar-refractivity contribution in [3.63, 3.8) is 0 Å². The number of aromatic carboxylic acids is 1. The molecule has 0 saturated carbocycles. The van der Waals surface area contributed by atoms with Gasteiger partial charge in [-0.25, -0.2) is 4.79 Å². The molecule has 0 spiro atoms. The van der Waals surface area contributed by atoms with Crippen molar-refractivity contribution >= 4 is 23.7 Å². The minimum Gasteiger partial charge on any atom is -0.508 e. The van der Waals surface area contributed by atoms with E-state index in [1.54, 1.807) is 0 Å². The predicted molar refractivity (Wildman–Crippen MR) is 141 cm³/mol. The molecule has 1 fully saturated rings. The van der Waals surface area contributed by atoms with Crippen LogP contribution in [0.25, 0.3) is 0 Å². The summed E-state index contributed by atoms with van der Waals surface area (Å²) in [4.78, 5) is 53.7. The number of benzene rings is 3. The molecule has 1 aliphatic rings. The van der Waals surface area contributed by atoms with Gasteiger partial charge in [0.25, 0.3) is 17.7 Å². The van der Waals surface area contributed by atoms with Gasteiger partial charge in [-0.1, -0.05) is 6.07 Å². The average molecular weight is 550 g/mol. The maximum Gasteiger partial charge on any atom is 0.336 e. The quantitative estimate of drug-likeness (QED) is 0.223. The van der Waals surface area contributed by atoms with Crippen LogP contribution in [-0.4, -0.2) is 79.3 Å². The molecular formula is C28H27N3O9. The van der Waals surface area contributed by atoms with Crippen molar-refractivity contribution in [2.75, 3.05) is 13.1 Å². The van der Waals surface area contributed by atoms with E-state index in [0.717, 1.165) is 35.2 Å². The van der Waals surface area contributed by atoms with E-state index in [0.29, 0.717) is 13.0 Å². The van der Waals surface area contributed by atoms with E-state index >= 15 is 0 Å². The number of hydrogen-bond acceptors (Lipinski definition) is 9. The van der Waals surface area contributed by atoms with Crippen molar-refractivity contribution in [2.24, 2.45) is 0 Å². The molecule has 0 aliphatic carbocycles. The molecule has 1 heterocycles. The van der Waals surface area contributed by atoms with E-state index in [2.05, 4.69) is 10.6 Å². The molecule has 0 radical (unpaired) electrons. The molecule has 12 nitrogen and oxygen atoms in total. The first-order valence-electron chi connectivity index (χ1n) is 12.3. The summed E-state index contributed by atoms with van der Waals surface area (Å²) in [7, 11) is 0. The first kappa shape index (κ1) is 27.9. The lowest BCUT2D eigenvalue weighted by Gasteiger charge is -2.35. The summed E-state index contributed by atoms with van der Waals surface area (Å²) in [5.41, 5.74) is -1.25. The third-order valence-electron chi connectivity index (χ3n) is 6.53. The molecule has 208 valence electrons. The van der Waals surface area contributed by atoms with Gasteiger partial charge in [0.15, 0.2) is 0 Å². The van der Waals surface area contributed by atoms with Gasteiger partial charge in [0.2, 0.25) is 0 Å². The summed E-state index contributed by atoms with van der Waals surface area (Å²) in [6, 6.07) is 10.1. The van der Waals surface area contributed by atoms with Gasteiger partial charge in [-0.05, 0) is 67.9 Å². The fraction of sp³-hybridized carbons (Fsp3) is 0.214. The summed E-state index contributed by atoms with van der Waals surface area (Å²) in [6.07, 6.45) is 0.650. The van der Waals surface area contributed by atoms with Gasteiger partial charge in [-0.2, -0.15) is 0 Å². The van der Waals surface area contributed by atoms with Crippen LogP contribution in [0.5, 0.6) is 23.0 Å². The Hall–Kier alpha value is -5.10.